The highest BCUT2D eigenvalue weighted by Crippen LogP contribution is 2.59. The van der Waals surface area contributed by atoms with Crippen molar-refractivity contribution in [3.05, 3.63) is 54.1 Å². The summed E-state index contributed by atoms with van der Waals surface area (Å²) in [7, 11) is 0. The molecule has 13 heteroatoms. The minimum atomic E-state index is -4.47. The molecule has 0 radical (unpaired) electrons. The Hall–Kier alpha value is -2.89. The van der Waals surface area contributed by atoms with Gasteiger partial charge in [-0.25, -0.2) is 23.1 Å². The van der Waals surface area contributed by atoms with Gasteiger partial charge in [0.2, 0.25) is 11.8 Å². The average Bonchev–Trinajstić information content (AvgIpc) is 3.66. The summed E-state index contributed by atoms with van der Waals surface area (Å²) in [6, 6.07) is 2.52. The van der Waals surface area contributed by atoms with Crippen LogP contribution in [0.5, 0.6) is 0 Å². The van der Waals surface area contributed by atoms with Gasteiger partial charge in [-0.2, -0.15) is 13.2 Å². The van der Waals surface area contributed by atoms with Crippen LogP contribution in [-0.4, -0.2) is 45.6 Å². The number of amides is 2. The number of alkyl halides is 7. The fraction of sp³-hybridized carbons (Fsp3) is 0.500. The molecular formula is C24H23ClF6N4O2. The number of nitrogens with zero attached hydrogens (tertiary/aromatic N) is 3. The molecule has 37 heavy (non-hydrogen) atoms. The molecule has 2 aliphatic carbocycles. The summed E-state index contributed by atoms with van der Waals surface area (Å²) in [5, 5.41) is 2.63. The van der Waals surface area contributed by atoms with Crippen LogP contribution in [0.1, 0.15) is 55.7 Å². The second kappa shape index (κ2) is 10.1. The lowest BCUT2D eigenvalue weighted by Gasteiger charge is -2.34. The SMILES string of the molecule is O=C(NC1CCC(F)(F)CC1)[C@H](c1cncnc1)N(C(=O)[C@H](F)Cl)c1ccc(C2(C(F)(F)F)CC2)cc1. The summed E-state index contributed by atoms with van der Waals surface area (Å²) >= 11 is 5.45. The summed E-state index contributed by atoms with van der Waals surface area (Å²) in [6.45, 7) is 0. The van der Waals surface area contributed by atoms with Crippen LogP contribution in [0.25, 0.3) is 0 Å². The van der Waals surface area contributed by atoms with Crippen molar-refractivity contribution in [1.29, 1.82) is 0 Å². The van der Waals surface area contributed by atoms with Crippen LogP contribution < -0.4 is 10.2 Å². The molecule has 1 N–H and O–H groups in total. The van der Waals surface area contributed by atoms with Gasteiger partial charge in [-0.05, 0) is 43.4 Å². The first-order valence-electron chi connectivity index (χ1n) is 11.6. The molecule has 4 rings (SSSR count). The smallest absolute Gasteiger partial charge is 0.351 e. The van der Waals surface area contributed by atoms with E-state index < -0.39 is 59.9 Å². The van der Waals surface area contributed by atoms with E-state index in [0.717, 1.165) is 11.2 Å². The number of benzene rings is 1. The van der Waals surface area contributed by atoms with E-state index in [1.54, 1.807) is 0 Å². The fourth-order valence-electron chi connectivity index (χ4n) is 4.64. The van der Waals surface area contributed by atoms with E-state index in [1.165, 1.54) is 36.7 Å². The Morgan fingerprint density at radius 2 is 1.59 bits per heavy atom. The Labute approximate surface area is 213 Å². The Morgan fingerprint density at radius 1 is 1.03 bits per heavy atom. The Morgan fingerprint density at radius 3 is 2.08 bits per heavy atom. The van der Waals surface area contributed by atoms with Crippen LogP contribution in [0.3, 0.4) is 0 Å². The maximum Gasteiger partial charge on any atom is 0.398 e. The third-order valence-electron chi connectivity index (χ3n) is 6.88. The van der Waals surface area contributed by atoms with Gasteiger partial charge >= 0.3 is 6.18 Å². The highest BCUT2D eigenvalue weighted by atomic mass is 35.5. The predicted molar refractivity (Wildman–Crippen MR) is 122 cm³/mol. The molecule has 0 aliphatic heterocycles. The van der Waals surface area contributed by atoms with Gasteiger partial charge in [-0.1, -0.05) is 23.7 Å². The first-order valence-corrected chi connectivity index (χ1v) is 12.0. The number of aromatic nitrogens is 2. The maximum atomic E-state index is 14.1. The number of carbonyl (C=O) groups excluding carboxylic acids is 2. The first-order chi connectivity index (χ1) is 17.3. The van der Waals surface area contributed by atoms with Crippen molar-refractivity contribution < 1.29 is 35.9 Å². The van der Waals surface area contributed by atoms with E-state index in [1.807, 2.05) is 0 Å². The quantitative estimate of drug-likeness (QED) is 0.373. The summed E-state index contributed by atoms with van der Waals surface area (Å²) in [5.41, 5.74) is -4.62. The number of anilines is 1. The van der Waals surface area contributed by atoms with Gasteiger partial charge in [0.15, 0.2) is 0 Å². The van der Waals surface area contributed by atoms with Crippen LogP contribution in [0.4, 0.5) is 32.0 Å². The number of carbonyl (C=O) groups is 2. The molecule has 2 aromatic rings. The minimum absolute atomic E-state index is 0.0137. The van der Waals surface area contributed by atoms with E-state index in [2.05, 4.69) is 15.3 Å². The molecule has 2 fully saturated rings. The number of hydrogen-bond donors (Lipinski definition) is 1. The van der Waals surface area contributed by atoms with Gasteiger partial charge < -0.3 is 5.32 Å². The molecule has 2 saturated carbocycles. The van der Waals surface area contributed by atoms with Crippen molar-refractivity contribution in [2.75, 3.05) is 4.90 Å². The molecule has 1 aromatic heterocycles. The summed E-state index contributed by atoms with van der Waals surface area (Å²) in [5.74, 6) is -5.01. The second-order valence-corrected chi connectivity index (χ2v) is 9.73. The van der Waals surface area contributed by atoms with Gasteiger partial charge in [0.05, 0.1) is 5.41 Å². The average molecular weight is 549 g/mol. The topological polar surface area (TPSA) is 75.2 Å². The van der Waals surface area contributed by atoms with Crippen LogP contribution in [-0.2, 0) is 15.0 Å². The Bertz CT molecular complexity index is 1120. The van der Waals surface area contributed by atoms with Gasteiger partial charge in [-0.15, -0.1) is 0 Å². The molecule has 0 saturated heterocycles. The van der Waals surface area contributed by atoms with Crippen LogP contribution in [0, 0.1) is 0 Å². The zero-order valence-corrected chi connectivity index (χ0v) is 20.1. The van der Waals surface area contributed by atoms with Crippen LogP contribution in [0.2, 0.25) is 0 Å². The zero-order chi connectivity index (χ0) is 27.0. The number of rotatable bonds is 7. The lowest BCUT2D eigenvalue weighted by Crippen LogP contribution is -2.49. The number of nitrogens with one attached hydrogen (secondary N) is 1. The van der Waals surface area contributed by atoms with Crippen molar-refractivity contribution in [3.63, 3.8) is 0 Å². The summed E-state index contributed by atoms with van der Waals surface area (Å²) in [6.07, 6.45) is -1.94. The van der Waals surface area contributed by atoms with Gasteiger partial charge in [-0.3, -0.25) is 14.5 Å². The van der Waals surface area contributed by atoms with Crippen molar-refractivity contribution in [3.8, 4) is 0 Å². The molecule has 6 nitrogen and oxygen atoms in total. The molecule has 1 heterocycles. The van der Waals surface area contributed by atoms with Gasteiger partial charge in [0.25, 0.3) is 11.5 Å². The predicted octanol–water partition coefficient (Wildman–Crippen LogP) is 5.37. The third-order valence-corrected chi connectivity index (χ3v) is 7.07. The summed E-state index contributed by atoms with van der Waals surface area (Å²) < 4.78 is 81.9. The molecule has 0 bridgehead atoms. The number of hydrogen-bond acceptors (Lipinski definition) is 4. The molecular weight excluding hydrogens is 526 g/mol. The van der Waals surface area contributed by atoms with E-state index in [0.29, 0.717) is 0 Å². The highest BCUT2D eigenvalue weighted by Gasteiger charge is 2.64. The van der Waals surface area contributed by atoms with E-state index in [-0.39, 0.29) is 42.5 Å². The van der Waals surface area contributed by atoms with Crippen molar-refractivity contribution in [2.24, 2.45) is 0 Å². The van der Waals surface area contributed by atoms with E-state index in [4.69, 9.17) is 11.6 Å². The van der Waals surface area contributed by atoms with E-state index in [9.17, 15) is 35.9 Å². The second-order valence-electron chi connectivity index (χ2n) is 9.35. The van der Waals surface area contributed by atoms with E-state index >= 15 is 0 Å². The third kappa shape index (κ3) is 5.68. The zero-order valence-electron chi connectivity index (χ0n) is 19.3. The Balaban J connectivity index is 1.69. The molecule has 0 unspecified atom stereocenters. The van der Waals surface area contributed by atoms with Crippen LogP contribution >= 0.6 is 11.6 Å². The molecule has 1 aromatic carbocycles. The van der Waals surface area contributed by atoms with Gasteiger partial charge in [0, 0.05) is 42.5 Å². The Kier molecular flexibility index (Phi) is 7.42. The molecule has 2 amide bonds. The standard InChI is InChI=1S/C24H23ClF6N4O2/c25-19(26)21(37)35(17-3-1-15(2-4-17)22(9-10-22)24(29,30)31)18(14-11-32-13-33-12-14)20(36)34-16-5-7-23(27,28)8-6-16/h1-4,11-13,16,18-19H,5-10H2,(H,34,36)/t18-,19-/m0/s1. The largest absolute Gasteiger partial charge is 0.398 e. The first kappa shape index (κ1) is 27.2. The van der Waals surface area contributed by atoms with Crippen molar-refractivity contribution in [2.45, 2.75) is 73.8 Å². The monoisotopic (exact) mass is 548 g/mol. The fourth-order valence-corrected chi connectivity index (χ4v) is 4.75. The number of halogens is 7. The molecule has 200 valence electrons. The molecule has 2 aliphatic rings. The lowest BCUT2D eigenvalue weighted by molar-refractivity contribution is -0.160. The highest BCUT2D eigenvalue weighted by molar-refractivity contribution is 6.32. The molecule has 2 atom stereocenters. The van der Waals surface area contributed by atoms with Crippen LogP contribution in [0.15, 0.2) is 43.0 Å². The summed E-state index contributed by atoms with van der Waals surface area (Å²) in [4.78, 5) is 34.7. The minimum Gasteiger partial charge on any atom is -0.351 e. The van der Waals surface area contributed by atoms with Crippen molar-refractivity contribution in [1.82, 2.24) is 15.3 Å². The van der Waals surface area contributed by atoms with Crippen molar-refractivity contribution >= 4 is 29.1 Å². The van der Waals surface area contributed by atoms with Gasteiger partial charge in [0.1, 0.15) is 12.4 Å². The maximum absolute atomic E-state index is 14.1. The lowest BCUT2D eigenvalue weighted by atomic mass is 9.91. The molecule has 0 spiro atoms. The normalized spacial score (nSPS) is 20.5.